The Bertz CT molecular complexity index is 817. The largest absolute Gasteiger partial charge is 0.273 e. The molecule has 0 spiro atoms. The molecule has 1 amide bonds. The van der Waals surface area contributed by atoms with Gasteiger partial charge in [-0.3, -0.25) is 4.79 Å². The van der Waals surface area contributed by atoms with Gasteiger partial charge in [0.05, 0.1) is 5.71 Å². The van der Waals surface area contributed by atoms with Gasteiger partial charge in [-0.05, 0) is 53.5 Å². The van der Waals surface area contributed by atoms with E-state index in [1.54, 1.807) is 19.1 Å². The summed E-state index contributed by atoms with van der Waals surface area (Å²) in [5.74, 6) is -0.106. The highest BCUT2D eigenvalue weighted by Gasteiger charge is 2.44. The molecular formula is C22H25FN2O. The zero-order chi connectivity index (χ0) is 18.9. The van der Waals surface area contributed by atoms with Crippen molar-refractivity contribution in [3.8, 4) is 0 Å². The molecule has 0 bridgehead atoms. The standard InChI is InChI=1S/C22H25FN2O/c1-14(15-7-11-18(23)12-8-15)24-25-21(26)20-13-19(20)16-5-9-17(10-6-16)22(2,3)4/h5-12,19-20H,13H2,1-4H3,(H,25,26). The summed E-state index contributed by atoms with van der Waals surface area (Å²) in [7, 11) is 0. The lowest BCUT2D eigenvalue weighted by Gasteiger charge is -2.19. The minimum absolute atomic E-state index is 0.0275. The highest BCUT2D eigenvalue weighted by atomic mass is 19.1. The van der Waals surface area contributed by atoms with E-state index in [-0.39, 0.29) is 29.0 Å². The molecule has 1 fully saturated rings. The molecule has 136 valence electrons. The van der Waals surface area contributed by atoms with Crippen molar-refractivity contribution in [1.82, 2.24) is 5.43 Å². The number of benzene rings is 2. The Kier molecular flexibility index (Phi) is 4.94. The van der Waals surface area contributed by atoms with Crippen LogP contribution in [0.1, 0.15) is 56.7 Å². The number of hydrogen-bond acceptors (Lipinski definition) is 2. The zero-order valence-corrected chi connectivity index (χ0v) is 15.7. The van der Waals surface area contributed by atoms with Crippen molar-refractivity contribution < 1.29 is 9.18 Å². The molecule has 2 atom stereocenters. The summed E-state index contributed by atoms with van der Waals surface area (Å²) in [6, 6.07) is 14.6. The quantitative estimate of drug-likeness (QED) is 0.625. The fourth-order valence-corrected chi connectivity index (χ4v) is 3.06. The van der Waals surface area contributed by atoms with Crippen LogP contribution < -0.4 is 5.43 Å². The molecular weight excluding hydrogens is 327 g/mol. The average molecular weight is 352 g/mol. The molecule has 26 heavy (non-hydrogen) atoms. The maximum absolute atomic E-state index is 13.0. The maximum Gasteiger partial charge on any atom is 0.243 e. The van der Waals surface area contributed by atoms with Gasteiger partial charge in [-0.25, -0.2) is 9.82 Å². The number of carbonyl (C=O) groups is 1. The molecule has 0 aliphatic heterocycles. The summed E-state index contributed by atoms with van der Waals surface area (Å²) in [6.45, 7) is 8.37. The predicted molar refractivity (Wildman–Crippen MR) is 103 cm³/mol. The van der Waals surface area contributed by atoms with Gasteiger partial charge in [0, 0.05) is 5.92 Å². The van der Waals surface area contributed by atoms with Gasteiger partial charge in [0.2, 0.25) is 5.91 Å². The number of hydrogen-bond donors (Lipinski definition) is 1. The molecule has 1 saturated carbocycles. The van der Waals surface area contributed by atoms with E-state index in [0.717, 1.165) is 12.0 Å². The topological polar surface area (TPSA) is 41.5 Å². The molecule has 0 heterocycles. The second-order valence-electron chi connectivity index (χ2n) is 8.00. The third-order valence-corrected chi connectivity index (χ3v) is 4.93. The fourth-order valence-electron chi connectivity index (χ4n) is 3.06. The Morgan fingerprint density at radius 3 is 2.27 bits per heavy atom. The maximum atomic E-state index is 13.0. The van der Waals surface area contributed by atoms with Gasteiger partial charge in [-0.2, -0.15) is 5.10 Å². The number of nitrogens with zero attached hydrogens (tertiary/aromatic N) is 1. The fraction of sp³-hybridized carbons (Fsp3) is 0.364. The summed E-state index contributed by atoms with van der Waals surface area (Å²) in [6.07, 6.45) is 0.853. The van der Waals surface area contributed by atoms with E-state index >= 15 is 0 Å². The van der Waals surface area contributed by atoms with Crippen LogP contribution in [-0.4, -0.2) is 11.6 Å². The lowest BCUT2D eigenvalue weighted by atomic mass is 9.86. The number of carbonyl (C=O) groups excluding carboxylic acids is 1. The Morgan fingerprint density at radius 1 is 1.08 bits per heavy atom. The number of halogens is 1. The summed E-state index contributed by atoms with van der Waals surface area (Å²) >= 11 is 0. The van der Waals surface area contributed by atoms with Crippen molar-refractivity contribution in [2.75, 3.05) is 0 Å². The SMILES string of the molecule is CC(=NNC(=O)C1CC1c1ccc(C(C)(C)C)cc1)c1ccc(F)cc1. The third-order valence-electron chi connectivity index (χ3n) is 4.93. The number of rotatable bonds is 4. The van der Waals surface area contributed by atoms with Crippen LogP contribution in [0.15, 0.2) is 53.6 Å². The van der Waals surface area contributed by atoms with Gasteiger partial charge in [0.1, 0.15) is 5.82 Å². The highest BCUT2D eigenvalue weighted by molar-refractivity contribution is 5.99. The molecule has 0 aromatic heterocycles. The van der Waals surface area contributed by atoms with Crippen molar-refractivity contribution in [3.63, 3.8) is 0 Å². The normalized spacial score (nSPS) is 20.0. The van der Waals surface area contributed by atoms with Crippen LogP contribution in [0.2, 0.25) is 0 Å². The smallest absolute Gasteiger partial charge is 0.243 e. The summed E-state index contributed by atoms with van der Waals surface area (Å²) in [5.41, 5.74) is 6.72. The summed E-state index contributed by atoms with van der Waals surface area (Å²) in [4.78, 5) is 12.3. The molecule has 2 unspecified atom stereocenters. The van der Waals surface area contributed by atoms with Crippen molar-refractivity contribution >= 4 is 11.6 Å². The van der Waals surface area contributed by atoms with E-state index < -0.39 is 0 Å². The molecule has 2 aromatic carbocycles. The van der Waals surface area contributed by atoms with E-state index in [0.29, 0.717) is 5.71 Å². The Labute approximate surface area is 154 Å². The van der Waals surface area contributed by atoms with Gasteiger partial charge < -0.3 is 0 Å². The predicted octanol–water partition coefficient (Wildman–Crippen LogP) is 4.77. The Balaban J connectivity index is 1.59. The molecule has 1 aliphatic rings. The van der Waals surface area contributed by atoms with E-state index in [2.05, 4.69) is 55.6 Å². The van der Waals surface area contributed by atoms with Gasteiger partial charge >= 0.3 is 0 Å². The van der Waals surface area contributed by atoms with E-state index in [1.807, 2.05) is 0 Å². The summed E-state index contributed by atoms with van der Waals surface area (Å²) in [5, 5.41) is 4.15. The summed E-state index contributed by atoms with van der Waals surface area (Å²) < 4.78 is 13.0. The van der Waals surface area contributed by atoms with Gasteiger partial charge in [0.25, 0.3) is 0 Å². The van der Waals surface area contributed by atoms with Crippen LogP contribution in [0.5, 0.6) is 0 Å². The molecule has 1 aliphatic carbocycles. The van der Waals surface area contributed by atoms with E-state index in [4.69, 9.17) is 0 Å². The van der Waals surface area contributed by atoms with Crippen LogP contribution >= 0.6 is 0 Å². The molecule has 3 nitrogen and oxygen atoms in total. The molecule has 0 saturated heterocycles. The lowest BCUT2D eigenvalue weighted by Crippen LogP contribution is -2.21. The first kappa shape index (κ1) is 18.3. The van der Waals surface area contributed by atoms with Crippen LogP contribution in [0.3, 0.4) is 0 Å². The van der Waals surface area contributed by atoms with E-state index in [1.165, 1.54) is 23.3 Å². The van der Waals surface area contributed by atoms with Gasteiger partial charge in [-0.15, -0.1) is 0 Å². The Hall–Kier alpha value is -2.49. The van der Waals surface area contributed by atoms with Crippen molar-refractivity contribution in [2.24, 2.45) is 11.0 Å². The first-order valence-corrected chi connectivity index (χ1v) is 8.96. The first-order chi connectivity index (χ1) is 12.3. The molecule has 0 radical (unpaired) electrons. The van der Waals surface area contributed by atoms with Gasteiger partial charge in [0.15, 0.2) is 0 Å². The third kappa shape index (κ3) is 4.18. The van der Waals surface area contributed by atoms with E-state index in [9.17, 15) is 9.18 Å². The number of nitrogens with one attached hydrogen (secondary N) is 1. The minimum Gasteiger partial charge on any atom is -0.273 e. The van der Waals surface area contributed by atoms with Crippen molar-refractivity contribution in [2.45, 2.75) is 45.4 Å². The molecule has 2 aromatic rings. The minimum atomic E-state index is -0.288. The highest BCUT2D eigenvalue weighted by Crippen LogP contribution is 2.47. The van der Waals surface area contributed by atoms with Crippen LogP contribution in [-0.2, 0) is 10.2 Å². The van der Waals surface area contributed by atoms with Gasteiger partial charge in [-0.1, -0.05) is 57.2 Å². The average Bonchev–Trinajstić information content (AvgIpc) is 3.40. The Morgan fingerprint density at radius 2 is 1.69 bits per heavy atom. The zero-order valence-electron chi connectivity index (χ0n) is 15.7. The lowest BCUT2D eigenvalue weighted by molar-refractivity contribution is -0.122. The second-order valence-corrected chi connectivity index (χ2v) is 8.00. The van der Waals surface area contributed by atoms with Crippen molar-refractivity contribution in [1.29, 1.82) is 0 Å². The molecule has 1 N–H and O–H groups in total. The van der Waals surface area contributed by atoms with Crippen LogP contribution in [0.25, 0.3) is 0 Å². The monoisotopic (exact) mass is 352 g/mol. The molecule has 4 heteroatoms. The first-order valence-electron chi connectivity index (χ1n) is 8.96. The second kappa shape index (κ2) is 7.02. The van der Waals surface area contributed by atoms with Crippen LogP contribution in [0, 0.1) is 11.7 Å². The van der Waals surface area contributed by atoms with Crippen LogP contribution in [0.4, 0.5) is 4.39 Å². The number of amides is 1. The molecule has 3 rings (SSSR count). The van der Waals surface area contributed by atoms with Crippen molar-refractivity contribution in [3.05, 3.63) is 71.0 Å². The number of hydrazone groups is 1.